The Balaban J connectivity index is 2.11. The lowest BCUT2D eigenvalue weighted by Crippen LogP contribution is -2.33. The average Bonchev–Trinajstić information content (AvgIpc) is 2.66. The van der Waals surface area contributed by atoms with E-state index in [1.165, 1.54) is 23.1 Å². The summed E-state index contributed by atoms with van der Waals surface area (Å²) in [4.78, 5) is 16.4. The number of hydrazone groups is 1. The van der Waals surface area contributed by atoms with E-state index in [0.29, 0.717) is 11.7 Å². The summed E-state index contributed by atoms with van der Waals surface area (Å²) in [6.07, 6.45) is 2.85. The molecule has 17 heavy (non-hydrogen) atoms. The molecule has 0 amide bonds. The molecular weight excluding hydrogens is 280 g/mol. The van der Waals surface area contributed by atoms with Crippen LogP contribution in [0.15, 0.2) is 11.3 Å². The van der Waals surface area contributed by atoms with Gasteiger partial charge in [-0.1, -0.05) is 11.8 Å². The van der Waals surface area contributed by atoms with E-state index in [-0.39, 0.29) is 0 Å². The fraction of sp³-hybridized carbons (Fsp3) is 0.500. The lowest BCUT2D eigenvalue weighted by molar-refractivity contribution is -0.485. The van der Waals surface area contributed by atoms with Crippen LogP contribution in [0, 0.1) is 14.1 Å². The molecule has 1 aromatic heterocycles. The number of aromatic amines is 1. The monoisotopic (exact) mass is 290 g/mol. The number of hydrogen-bond acceptors (Lipinski definition) is 5. The van der Waals surface area contributed by atoms with Gasteiger partial charge in [-0.05, 0) is 18.6 Å². The second-order valence-corrected chi connectivity index (χ2v) is 6.25. The third kappa shape index (κ3) is 3.51. The van der Waals surface area contributed by atoms with Crippen molar-refractivity contribution in [1.82, 2.24) is 9.88 Å². The Hall–Kier alpha value is -0.930. The summed E-state index contributed by atoms with van der Waals surface area (Å²) >= 11 is 7.91. The highest BCUT2D eigenvalue weighted by Gasteiger charge is 2.21. The minimum atomic E-state index is -0.639. The van der Waals surface area contributed by atoms with Gasteiger partial charge < -0.3 is 9.88 Å². The van der Waals surface area contributed by atoms with Gasteiger partial charge in [-0.15, -0.1) is 11.3 Å². The predicted molar refractivity (Wildman–Crippen MR) is 71.4 cm³/mol. The maximum Gasteiger partial charge on any atom is 0.237 e. The fourth-order valence-corrected chi connectivity index (χ4v) is 3.49. The van der Waals surface area contributed by atoms with Crippen molar-refractivity contribution in [1.29, 1.82) is 0 Å². The van der Waals surface area contributed by atoms with E-state index in [9.17, 15) is 10.1 Å². The second kappa shape index (κ2) is 5.61. The summed E-state index contributed by atoms with van der Waals surface area (Å²) in [6.45, 7) is 1.42. The van der Waals surface area contributed by atoms with Crippen molar-refractivity contribution < 1.29 is 5.03 Å². The molecule has 2 rings (SSSR count). The van der Waals surface area contributed by atoms with Gasteiger partial charge in [0.05, 0.1) is 11.6 Å². The van der Waals surface area contributed by atoms with Gasteiger partial charge in [0.2, 0.25) is 5.17 Å². The van der Waals surface area contributed by atoms with Crippen molar-refractivity contribution in [2.45, 2.75) is 13.0 Å². The van der Waals surface area contributed by atoms with E-state index in [1.54, 1.807) is 0 Å². The van der Waals surface area contributed by atoms with E-state index in [4.69, 9.17) is 12.2 Å². The Kier molecular flexibility index (Phi) is 4.13. The Bertz CT molecular complexity index is 495. The van der Waals surface area contributed by atoms with Crippen LogP contribution in [-0.4, -0.2) is 32.4 Å². The zero-order valence-corrected chi connectivity index (χ0v) is 11.2. The number of aromatic nitrogens is 1. The van der Waals surface area contributed by atoms with Gasteiger partial charge in [0.1, 0.15) is 0 Å². The van der Waals surface area contributed by atoms with Crippen LogP contribution >= 0.6 is 35.3 Å². The Morgan fingerprint density at radius 3 is 3.18 bits per heavy atom. The first-order chi connectivity index (χ1) is 8.15. The van der Waals surface area contributed by atoms with E-state index in [0.717, 1.165) is 27.5 Å². The molecule has 0 unspecified atom stereocenters. The molecule has 0 aliphatic carbocycles. The lowest BCUT2D eigenvalue weighted by Gasteiger charge is -2.26. The number of nitro groups is 1. The standard InChI is InChI=1S/C8H10N4O2S3/c13-12(14)10-7-11(2-1-3-16-7)5-6-4-9-8(15)17-6/h4H,1-3,5H2,(H,9,15)/b10-7-. The molecular formula is C8H10N4O2S3. The third-order valence-corrected chi connectivity index (χ3v) is 4.43. The Labute approximate surface area is 111 Å². The molecule has 0 radical (unpaired) electrons. The highest BCUT2D eigenvalue weighted by atomic mass is 32.2. The summed E-state index contributed by atoms with van der Waals surface area (Å²) in [6, 6.07) is 0. The summed E-state index contributed by atoms with van der Waals surface area (Å²) in [5, 5.41) is 13.7. The largest absolute Gasteiger partial charge is 0.343 e. The van der Waals surface area contributed by atoms with E-state index < -0.39 is 5.03 Å². The minimum Gasteiger partial charge on any atom is -0.343 e. The van der Waals surface area contributed by atoms with Gasteiger partial charge in [0, 0.05) is 23.4 Å². The van der Waals surface area contributed by atoms with Crippen molar-refractivity contribution >= 4 is 40.5 Å². The quantitative estimate of drug-likeness (QED) is 0.525. The number of nitrogens with zero attached hydrogens (tertiary/aromatic N) is 3. The zero-order chi connectivity index (χ0) is 12.3. The van der Waals surface area contributed by atoms with Gasteiger partial charge in [-0.3, -0.25) is 0 Å². The number of hydrogen-bond donors (Lipinski definition) is 1. The third-order valence-electron chi connectivity index (χ3n) is 2.16. The first-order valence-electron chi connectivity index (χ1n) is 4.93. The SMILES string of the molecule is O=[N+]([O-])/N=C1\SCCCN1Cc1c[nH]c(=S)s1. The first-order valence-corrected chi connectivity index (χ1v) is 7.14. The summed E-state index contributed by atoms with van der Waals surface area (Å²) < 4.78 is 0.720. The normalized spacial score (nSPS) is 18.6. The molecule has 1 N–H and O–H groups in total. The number of amidine groups is 1. The van der Waals surface area contributed by atoms with Gasteiger partial charge in [-0.2, -0.15) is 0 Å². The number of thioether (sulfide) groups is 1. The Morgan fingerprint density at radius 2 is 2.53 bits per heavy atom. The molecule has 0 saturated carbocycles. The molecule has 6 nitrogen and oxygen atoms in total. The zero-order valence-electron chi connectivity index (χ0n) is 8.79. The van der Waals surface area contributed by atoms with Gasteiger partial charge in [0.15, 0.2) is 8.99 Å². The molecule has 9 heteroatoms. The van der Waals surface area contributed by atoms with Crippen LogP contribution in [0.25, 0.3) is 0 Å². The number of H-pyrrole nitrogens is 1. The molecule has 0 bridgehead atoms. The van der Waals surface area contributed by atoms with E-state index in [1.807, 2.05) is 11.1 Å². The van der Waals surface area contributed by atoms with Crippen molar-refractivity contribution in [2.75, 3.05) is 12.3 Å². The molecule has 0 spiro atoms. The molecule has 1 aliphatic rings. The van der Waals surface area contributed by atoms with Crippen LogP contribution in [0.1, 0.15) is 11.3 Å². The van der Waals surface area contributed by atoms with Crippen LogP contribution in [0.4, 0.5) is 0 Å². The topological polar surface area (TPSA) is 74.5 Å². The van der Waals surface area contributed by atoms with Gasteiger partial charge in [-0.25, -0.2) is 10.1 Å². The van der Waals surface area contributed by atoms with E-state index in [2.05, 4.69) is 10.1 Å². The highest BCUT2D eigenvalue weighted by molar-refractivity contribution is 8.13. The highest BCUT2D eigenvalue weighted by Crippen LogP contribution is 2.21. The fourth-order valence-electron chi connectivity index (χ4n) is 1.50. The number of nitrogens with one attached hydrogen (secondary N) is 1. The van der Waals surface area contributed by atoms with Crippen LogP contribution in [-0.2, 0) is 6.54 Å². The van der Waals surface area contributed by atoms with Crippen molar-refractivity contribution in [3.63, 3.8) is 0 Å². The van der Waals surface area contributed by atoms with Crippen LogP contribution in [0.2, 0.25) is 0 Å². The van der Waals surface area contributed by atoms with E-state index >= 15 is 0 Å². The molecule has 1 fully saturated rings. The number of thiazole rings is 1. The van der Waals surface area contributed by atoms with Gasteiger partial charge in [0.25, 0.3) is 0 Å². The summed E-state index contributed by atoms with van der Waals surface area (Å²) in [7, 11) is 0. The van der Waals surface area contributed by atoms with Crippen molar-refractivity contribution in [2.24, 2.45) is 5.10 Å². The molecule has 1 aromatic rings. The maximum absolute atomic E-state index is 10.4. The second-order valence-electron chi connectivity index (χ2n) is 3.39. The molecule has 0 atom stereocenters. The molecule has 2 heterocycles. The van der Waals surface area contributed by atoms with Crippen LogP contribution in [0.3, 0.4) is 0 Å². The lowest BCUT2D eigenvalue weighted by atomic mass is 10.4. The van der Waals surface area contributed by atoms with Crippen LogP contribution in [0.5, 0.6) is 0 Å². The summed E-state index contributed by atoms with van der Waals surface area (Å²) in [5.74, 6) is 0.881. The predicted octanol–water partition coefficient (Wildman–Crippen LogP) is 2.29. The van der Waals surface area contributed by atoms with Crippen molar-refractivity contribution in [3.05, 3.63) is 25.1 Å². The molecule has 1 saturated heterocycles. The van der Waals surface area contributed by atoms with Gasteiger partial charge >= 0.3 is 0 Å². The molecule has 1 aliphatic heterocycles. The average molecular weight is 290 g/mol. The summed E-state index contributed by atoms with van der Waals surface area (Å²) in [5.41, 5.74) is 0. The number of rotatable bonds is 3. The van der Waals surface area contributed by atoms with Crippen LogP contribution < -0.4 is 0 Å². The first kappa shape index (κ1) is 12.5. The minimum absolute atomic E-state index is 0.487. The Morgan fingerprint density at radius 1 is 1.71 bits per heavy atom. The maximum atomic E-state index is 10.4. The smallest absolute Gasteiger partial charge is 0.237 e. The molecule has 92 valence electrons. The van der Waals surface area contributed by atoms with Crippen molar-refractivity contribution in [3.8, 4) is 0 Å². The molecule has 0 aromatic carbocycles.